The van der Waals surface area contributed by atoms with Crippen molar-refractivity contribution in [2.45, 2.75) is 39.5 Å². The first-order chi connectivity index (χ1) is 13.4. The third-order valence-corrected chi connectivity index (χ3v) is 3.29. The van der Waals surface area contributed by atoms with Crippen LogP contribution in [0, 0.1) is 0 Å². The number of nitrogens with zero attached hydrogens (tertiary/aromatic N) is 3. The Kier molecular flexibility index (Phi) is 6.50. The van der Waals surface area contributed by atoms with Crippen LogP contribution in [0.2, 0.25) is 0 Å². The molecule has 1 N–H and O–H groups in total. The average molecular weight is 414 g/mol. The van der Waals surface area contributed by atoms with Crippen LogP contribution in [0.1, 0.15) is 38.2 Å². The summed E-state index contributed by atoms with van der Waals surface area (Å²) in [5.41, 5.74) is -0.747. The number of anilines is 1. The number of amides is 2. The van der Waals surface area contributed by atoms with Crippen LogP contribution in [-0.2, 0) is 4.74 Å². The van der Waals surface area contributed by atoms with Gasteiger partial charge in [0.25, 0.3) is 5.91 Å². The molecule has 0 saturated carbocycles. The number of nitrogens with one attached hydrogen (secondary N) is 1. The first-order valence-electron chi connectivity index (χ1n) is 8.67. The Labute approximate surface area is 165 Å². The van der Waals surface area contributed by atoms with E-state index >= 15 is 0 Å². The van der Waals surface area contributed by atoms with Crippen molar-refractivity contribution in [3.05, 3.63) is 30.3 Å². The van der Waals surface area contributed by atoms with E-state index in [9.17, 15) is 22.8 Å². The number of rotatable bonds is 5. The van der Waals surface area contributed by atoms with E-state index in [1.165, 1.54) is 39.1 Å². The minimum atomic E-state index is -4.68. The molecule has 0 unspecified atom stereocenters. The number of carbonyl (C=O) groups is 2. The Hall–Kier alpha value is -3.11. The van der Waals surface area contributed by atoms with Gasteiger partial charge in [-0.05, 0) is 39.8 Å². The van der Waals surface area contributed by atoms with E-state index in [0.29, 0.717) is 11.4 Å². The van der Waals surface area contributed by atoms with Crippen molar-refractivity contribution in [1.29, 1.82) is 0 Å². The highest BCUT2D eigenvalue weighted by molar-refractivity contribution is 5.92. The predicted molar refractivity (Wildman–Crippen MR) is 97.4 cm³/mol. The number of pyridine rings is 1. The first-order valence-corrected chi connectivity index (χ1v) is 8.67. The number of halogens is 3. The second kappa shape index (κ2) is 8.50. The summed E-state index contributed by atoms with van der Waals surface area (Å²) in [4.78, 5) is 32.4. The van der Waals surface area contributed by atoms with Crippen LogP contribution < -0.4 is 10.2 Å². The molecule has 158 valence electrons. The lowest BCUT2D eigenvalue weighted by Crippen LogP contribution is -2.42. The number of aromatic nitrogens is 2. The zero-order valence-electron chi connectivity index (χ0n) is 16.3. The highest BCUT2D eigenvalue weighted by atomic mass is 19.4. The van der Waals surface area contributed by atoms with Gasteiger partial charge in [-0.15, -0.1) is 0 Å². The Bertz CT molecular complexity index is 874. The molecule has 2 heterocycles. The van der Waals surface area contributed by atoms with Gasteiger partial charge in [0, 0.05) is 18.3 Å². The van der Waals surface area contributed by atoms with Gasteiger partial charge in [0.1, 0.15) is 24.2 Å². The Morgan fingerprint density at radius 1 is 1.28 bits per heavy atom. The molecular formula is C18H21F3N4O4. The van der Waals surface area contributed by atoms with Crippen molar-refractivity contribution in [1.82, 2.24) is 15.3 Å². The number of alkyl halides is 3. The molecule has 2 aromatic rings. The Morgan fingerprint density at radius 2 is 1.97 bits per heavy atom. The van der Waals surface area contributed by atoms with Gasteiger partial charge >= 0.3 is 12.3 Å². The molecule has 0 aliphatic rings. The monoisotopic (exact) mass is 414 g/mol. The highest BCUT2D eigenvalue weighted by Crippen LogP contribution is 2.27. The molecule has 0 atom stereocenters. The summed E-state index contributed by atoms with van der Waals surface area (Å²) in [6, 6.07) is 2.63. The molecule has 0 aliphatic heterocycles. The zero-order valence-corrected chi connectivity index (χ0v) is 16.3. The summed E-state index contributed by atoms with van der Waals surface area (Å²) in [5.74, 6) is -0.762. The van der Waals surface area contributed by atoms with Crippen LogP contribution in [0.3, 0.4) is 0 Å². The number of hydrogen-bond acceptors (Lipinski definition) is 6. The molecular weight excluding hydrogens is 393 g/mol. The molecule has 8 nitrogen and oxygen atoms in total. The van der Waals surface area contributed by atoms with Crippen LogP contribution in [0.4, 0.5) is 23.8 Å². The zero-order chi connectivity index (χ0) is 21.8. The molecule has 2 aromatic heterocycles. The van der Waals surface area contributed by atoms with Crippen molar-refractivity contribution in [3.63, 3.8) is 0 Å². The van der Waals surface area contributed by atoms with Crippen molar-refractivity contribution >= 4 is 17.8 Å². The summed E-state index contributed by atoms with van der Waals surface area (Å²) in [6.07, 6.45) is -3.55. The smallest absolute Gasteiger partial charge is 0.416 e. The lowest BCUT2D eigenvalue weighted by molar-refractivity contribution is -0.119. The second-order valence-corrected chi connectivity index (χ2v) is 6.98. The standard InChI is InChI=1S/C18H21F3N4O4/c1-5-22-14(26)12-9-28-15(24-12)11-6-7-23-13(8-11)25(10-18(19,20)21)16(27)29-17(2,3)4/h6-9H,5,10H2,1-4H3,(H,22,26). The Morgan fingerprint density at radius 3 is 2.55 bits per heavy atom. The number of carbonyl (C=O) groups excluding carboxylic acids is 2. The van der Waals surface area contributed by atoms with Crippen LogP contribution in [-0.4, -0.2) is 46.8 Å². The van der Waals surface area contributed by atoms with Gasteiger partial charge in [0.2, 0.25) is 5.89 Å². The molecule has 0 bridgehead atoms. The molecule has 29 heavy (non-hydrogen) atoms. The molecule has 0 aromatic carbocycles. The summed E-state index contributed by atoms with van der Waals surface area (Å²) < 4.78 is 49.4. The molecule has 0 saturated heterocycles. The van der Waals surface area contributed by atoms with Gasteiger partial charge in [-0.1, -0.05) is 0 Å². The number of hydrogen-bond donors (Lipinski definition) is 1. The minimum Gasteiger partial charge on any atom is -0.444 e. The molecule has 0 aliphatic carbocycles. The maximum Gasteiger partial charge on any atom is 0.416 e. The van der Waals surface area contributed by atoms with Crippen LogP contribution in [0.15, 0.2) is 29.0 Å². The molecule has 0 radical (unpaired) electrons. The lowest BCUT2D eigenvalue weighted by atomic mass is 10.2. The maximum atomic E-state index is 13.0. The van der Waals surface area contributed by atoms with Crippen LogP contribution >= 0.6 is 0 Å². The topological polar surface area (TPSA) is 97.6 Å². The summed E-state index contributed by atoms with van der Waals surface area (Å²) in [7, 11) is 0. The summed E-state index contributed by atoms with van der Waals surface area (Å²) in [5, 5.41) is 2.55. The van der Waals surface area contributed by atoms with Gasteiger partial charge in [-0.25, -0.2) is 14.8 Å². The van der Waals surface area contributed by atoms with Gasteiger partial charge in [0.15, 0.2) is 5.69 Å². The van der Waals surface area contributed by atoms with E-state index in [1.807, 2.05) is 0 Å². The summed E-state index contributed by atoms with van der Waals surface area (Å²) in [6.45, 7) is 5.15. The SMILES string of the molecule is CCNC(=O)c1coc(-c2ccnc(N(CC(F)(F)F)C(=O)OC(C)(C)C)c2)n1. The third-order valence-electron chi connectivity index (χ3n) is 3.29. The van der Waals surface area contributed by atoms with Gasteiger partial charge < -0.3 is 14.5 Å². The molecule has 11 heteroatoms. The van der Waals surface area contributed by atoms with E-state index < -0.39 is 30.3 Å². The quantitative estimate of drug-likeness (QED) is 0.800. The van der Waals surface area contributed by atoms with Crippen LogP contribution in [0.5, 0.6) is 0 Å². The molecule has 2 rings (SSSR count). The van der Waals surface area contributed by atoms with Crippen molar-refractivity contribution < 1.29 is 31.9 Å². The molecule has 0 spiro atoms. The largest absolute Gasteiger partial charge is 0.444 e. The lowest BCUT2D eigenvalue weighted by Gasteiger charge is -2.27. The predicted octanol–water partition coefficient (Wildman–Crippen LogP) is 3.79. The second-order valence-electron chi connectivity index (χ2n) is 6.98. The van der Waals surface area contributed by atoms with Gasteiger partial charge in [-0.3, -0.25) is 9.69 Å². The fourth-order valence-electron chi connectivity index (χ4n) is 2.20. The first kappa shape index (κ1) is 22.2. The van der Waals surface area contributed by atoms with Crippen molar-refractivity contribution in [3.8, 4) is 11.5 Å². The van der Waals surface area contributed by atoms with Crippen molar-refractivity contribution in [2.75, 3.05) is 18.0 Å². The van der Waals surface area contributed by atoms with Gasteiger partial charge in [-0.2, -0.15) is 13.2 Å². The van der Waals surface area contributed by atoms with E-state index in [-0.39, 0.29) is 23.0 Å². The molecule has 0 fully saturated rings. The average Bonchev–Trinajstić information content (AvgIpc) is 3.08. The van der Waals surface area contributed by atoms with Gasteiger partial charge in [0.05, 0.1) is 0 Å². The van der Waals surface area contributed by atoms with Crippen LogP contribution in [0.25, 0.3) is 11.5 Å². The maximum absolute atomic E-state index is 13.0. The Balaban J connectivity index is 2.36. The normalized spacial score (nSPS) is 11.8. The fraction of sp³-hybridized carbons (Fsp3) is 0.444. The fourth-order valence-corrected chi connectivity index (χ4v) is 2.20. The number of oxazole rings is 1. The number of ether oxygens (including phenoxy) is 1. The highest BCUT2D eigenvalue weighted by Gasteiger charge is 2.36. The minimum absolute atomic E-state index is 0.00829. The van der Waals surface area contributed by atoms with E-state index in [4.69, 9.17) is 9.15 Å². The third kappa shape index (κ3) is 6.47. The van der Waals surface area contributed by atoms with E-state index in [2.05, 4.69) is 15.3 Å². The van der Waals surface area contributed by atoms with Crippen molar-refractivity contribution in [2.24, 2.45) is 0 Å². The summed E-state index contributed by atoms with van der Waals surface area (Å²) >= 11 is 0. The van der Waals surface area contributed by atoms with E-state index in [0.717, 1.165) is 6.26 Å². The van der Waals surface area contributed by atoms with E-state index in [1.54, 1.807) is 6.92 Å². The molecule has 2 amide bonds.